The number of carbonyl (C=O) groups is 2. The van der Waals surface area contributed by atoms with Crippen LogP contribution in [0.1, 0.15) is 31.4 Å². The van der Waals surface area contributed by atoms with Crippen molar-refractivity contribution in [1.29, 1.82) is 0 Å². The lowest BCUT2D eigenvalue weighted by molar-refractivity contribution is -0.135. The van der Waals surface area contributed by atoms with Crippen LogP contribution >= 0.6 is 34.3 Å². The molecule has 0 bridgehead atoms. The summed E-state index contributed by atoms with van der Waals surface area (Å²) in [5.74, 6) is 0.744. The number of carbonyl (C=O) groups excluding carboxylic acids is 2. The zero-order valence-electron chi connectivity index (χ0n) is 14.9. The molecule has 4 rings (SSSR count). The summed E-state index contributed by atoms with van der Waals surface area (Å²) in [6.45, 7) is 2.03. The average molecular weight is 424 g/mol. The largest absolute Gasteiger partial charge is 0.356 e. The van der Waals surface area contributed by atoms with E-state index < -0.39 is 0 Å². The summed E-state index contributed by atoms with van der Waals surface area (Å²) < 4.78 is 0.733. The Morgan fingerprint density at radius 2 is 2.15 bits per heavy atom. The molecule has 1 N–H and O–H groups in total. The third-order valence-corrected chi connectivity index (χ3v) is 7.37. The Morgan fingerprint density at radius 3 is 2.89 bits per heavy atom. The first-order valence-corrected chi connectivity index (χ1v) is 11.4. The highest BCUT2D eigenvalue weighted by atomic mass is 35.5. The maximum Gasteiger partial charge on any atom is 0.228 e. The molecule has 144 valence electrons. The molecule has 27 heavy (non-hydrogen) atoms. The van der Waals surface area contributed by atoms with Crippen LogP contribution in [0.3, 0.4) is 0 Å². The van der Waals surface area contributed by atoms with Gasteiger partial charge in [0.25, 0.3) is 0 Å². The van der Waals surface area contributed by atoms with Gasteiger partial charge in [-0.2, -0.15) is 0 Å². The van der Waals surface area contributed by atoms with Crippen molar-refractivity contribution < 1.29 is 9.59 Å². The summed E-state index contributed by atoms with van der Waals surface area (Å²) >= 11 is 9.01. The van der Waals surface area contributed by atoms with E-state index in [2.05, 4.69) is 10.3 Å². The second kappa shape index (κ2) is 8.29. The van der Waals surface area contributed by atoms with Gasteiger partial charge in [-0.05, 0) is 43.7 Å². The minimum atomic E-state index is -0.0827. The lowest BCUT2D eigenvalue weighted by atomic mass is 9.96. The van der Waals surface area contributed by atoms with Crippen LogP contribution in [0.15, 0.2) is 17.5 Å². The number of nitrogens with one attached hydrogen (secondary N) is 1. The minimum absolute atomic E-state index is 0.0516. The highest BCUT2D eigenvalue weighted by Gasteiger charge is 2.30. The van der Waals surface area contributed by atoms with Crippen molar-refractivity contribution in [2.45, 2.75) is 32.1 Å². The average Bonchev–Trinajstić information content (AvgIpc) is 3.22. The van der Waals surface area contributed by atoms with Gasteiger partial charge in [-0.3, -0.25) is 9.59 Å². The van der Waals surface area contributed by atoms with Crippen molar-refractivity contribution in [2.75, 3.05) is 19.6 Å². The van der Waals surface area contributed by atoms with E-state index in [1.165, 1.54) is 35.5 Å². The molecule has 1 saturated carbocycles. The fraction of sp³-hybridized carbons (Fsp3) is 0.526. The van der Waals surface area contributed by atoms with E-state index in [1.807, 2.05) is 22.4 Å². The number of likely N-dealkylation sites (tertiary alicyclic amines) is 1. The smallest absolute Gasteiger partial charge is 0.228 e. The van der Waals surface area contributed by atoms with Crippen molar-refractivity contribution >= 4 is 46.1 Å². The first-order chi connectivity index (χ1) is 13.1. The molecule has 2 fully saturated rings. The van der Waals surface area contributed by atoms with Crippen LogP contribution in [-0.2, 0) is 16.0 Å². The lowest BCUT2D eigenvalue weighted by Gasteiger charge is -2.32. The molecule has 1 unspecified atom stereocenters. The molecular formula is C19H22ClN3O2S2. The number of nitrogens with zero attached hydrogens (tertiary/aromatic N) is 2. The molecule has 3 heterocycles. The van der Waals surface area contributed by atoms with Crippen LogP contribution in [-0.4, -0.2) is 41.3 Å². The van der Waals surface area contributed by atoms with Gasteiger partial charge in [-0.15, -0.1) is 22.7 Å². The number of hydrogen-bond acceptors (Lipinski definition) is 5. The fourth-order valence-corrected chi connectivity index (χ4v) is 5.26. The Bertz CT molecular complexity index is 831. The number of amides is 2. The van der Waals surface area contributed by atoms with Gasteiger partial charge in [-0.1, -0.05) is 11.6 Å². The maximum atomic E-state index is 12.7. The second-order valence-corrected chi connectivity index (χ2v) is 9.87. The van der Waals surface area contributed by atoms with Crippen molar-refractivity contribution in [3.63, 3.8) is 0 Å². The predicted molar refractivity (Wildman–Crippen MR) is 109 cm³/mol. The number of rotatable bonds is 6. The third kappa shape index (κ3) is 4.89. The van der Waals surface area contributed by atoms with Crippen LogP contribution in [0.25, 0.3) is 9.88 Å². The summed E-state index contributed by atoms with van der Waals surface area (Å²) in [5.41, 5.74) is 0.782. The van der Waals surface area contributed by atoms with Gasteiger partial charge in [0, 0.05) is 25.0 Å². The lowest BCUT2D eigenvalue weighted by Crippen LogP contribution is -2.46. The highest BCUT2D eigenvalue weighted by molar-refractivity contribution is 7.23. The van der Waals surface area contributed by atoms with E-state index in [9.17, 15) is 9.59 Å². The number of halogens is 1. The van der Waals surface area contributed by atoms with Gasteiger partial charge in [-0.25, -0.2) is 4.98 Å². The summed E-state index contributed by atoms with van der Waals surface area (Å²) in [7, 11) is 0. The monoisotopic (exact) mass is 423 g/mol. The molecule has 0 aromatic carbocycles. The number of thiophene rings is 1. The molecule has 8 heteroatoms. The maximum absolute atomic E-state index is 12.7. The Hall–Kier alpha value is -1.44. The molecule has 1 saturated heterocycles. The topological polar surface area (TPSA) is 62.3 Å². The number of thiazole rings is 1. The fourth-order valence-electron chi connectivity index (χ4n) is 3.33. The Morgan fingerprint density at radius 1 is 1.30 bits per heavy atom. The van der Waals surface area contributed by atoms with Crippen LogP contribution < -0.4 is 5.32 Å². The molecule has 0 spiro atoms. The van der Waals surface area contributed by atoms with Gasteiger partial charge in [0.15, 0.2) is 0 Å². The van der Waals surface area contributed by atoms with Gasteiger partial charge in [0.2, 0.25) is 11.8 Å². The number of hydrogen-bond donors (Lipinski definition) is 1. The van der Waals surface area contributed by atoms with Crippen LogP contribution in [0.4, 0.5) is 0 Å². The Balaban J connectivity index is 1.32. The summed E-state index contributed by atoms with van der Waals surface area (Å²) in [6, 6.07) is 3.81. The number of piperidine rings is 1. The predicted octanol–water partition coefficient (Wildman–Crippen LogP) is 3.83. The van der Waals surface area contributed by atoms with Crippen LogP contribution in [0, 0.1) is 11.8 Å². The van der Waals surface area contributed by atoms with E-state index in [0.717, 1.165) is 45.8 Å². The normalized spacial score (nSPS) is 19.9. The summed E-state index contributed by atoms with van der Waals surface area (Å²) in [4.78, 5) is 32.5. The van der Waals surface area contributed by atoms with E-state index in [4.69, 9.17) is 11.6 Å². The molecule has 1 aliphatic heterocycles. The second-order valence-electron chi connectivity index (χ2n) is 7.29. The minimum Gasteiger partial charge on any atom is -0.356 e. The first kappa shape index (κ1) is 18.9. The zero-order chi connectivity index (χ0) is 18.8. The van der Waals surface area contributed by atoms with Gasteiger partial charge in [0.05, 0.1) is 27.2 Å². The van der Waals surface area contributed by atoms with E-state index in [-0.39, 0.29) is 24.2 Å². The molecular weight excluding hydrogens is 402 g/mol. The molecule has 2 aromatic heterocycles. The molecule has 0 radical (unpaired) electrons. The first-order valence-electron chi connectivity index (χ1n) is 9.34. The van der Waals surface area contributed by atoms with Crippen molar-refractivity contribution in [3.05, 3.63) is 27.5 Å². The SMILES string of the molecule is O=C(NCC1CC1)C1CCCN(C(=O)Cc2csc(-c3ccc(Cl)s3)n2)C1. The van der Waals surface area contributed by atoms with E-state index in [1.54, 1.807) is 0 Å². The quantitative estimate of drug-likeness (QED) is 0.767. The van der Waals surface area contributed by atoms with Crippen molar-refractivity contribution in [3.8, 4) is 9.88 Å². The zero-order valence-corrected chi connectivity index (χ0v) is 17.3. The Kier molecular flexibility index (Phi) is 5.80. The van der Waals surface area contributed by atoms with Crippen molar-refractivity contribution in [1.82, 2.24) is 15.2 Å². The standard InChI is InChI=1S/C19H22ClN3O2S2/c20-16-6-5-15(27-16)19-22-14(11-26-19)8-17(24)23-7-1-2-13(10-23)18(25)21-9-12-3-4-12/h5-6,11-13H,1-4,7-10H2,(H,21,25). The van der Waals surface area contributed by atoms with Gasteiger partial charge < -0.3 is 10.2 Å². The van der Waals surface area contributed by atoms with Crippen LogP contribution in [0.5, 0.6) is 0 Å². The summed E-state index contributed by atoms with van der Waals surface area (Å²) in [5, 5.41) is 5.88. The molecule has 5 nitrogen and oxygen atoms in total. The molecule has 2 aliphatic rings. The summed E-state index contributed by atoms with van der Waals surface area (Å²) in [6.07, 6.45) is 4.47. The van der Waals surface area contributed by atoms with E-state index in [0.29, 0.717) is 12.5 Å². The van der Waals surface area contributed by atoms with Gasteiger partial charge >= 0.3 is 0 Å². The highest BCUT2D eigenvalue weighted by Crippen LogP contribution is 2.33. The molecule has 1 aliphatic carbocycles. The molecule has 2 amide bonds. The molecule has 1 atom stereocenters. The third-order valence-electron chi connectivity index (χ3n) is 5.07. The Labute approximate surface area is 171 Å². The van der Waals surface area contributed by atoms with Crippen LogP contribution in [0.2, 0.25) is 4.34 Å². The van der Waals surface area contributed by atoms with E-state index >= 15 is 0 Å². The number of aromatic nitrogens is 1. The molecule has 2 aromatic rings. The van der Waals surface area contributed by atoms with Gasteiger partial charge in [0.1, 0.15) is 5.01 Å². The van der Waals surface area contributed by atoms with Crippen molar-refractivity contribution in [2.24, 2.45) is 11.8 Å².